The van der Waals surface area contributed by atoms with Crippen LogP contribution < -0.4 is 10.1 Å². The van der Waals surface area contributed by atoms with Gasteiger partial charge in [-0.1, -0.05) is 56.3 Å². The number of sulfonamides is 1. The van der Waals surface area contributed by atoms with Gasteiger partial charge in [0.1, 0.15) is 11.8 Å². The number of benzene rings is 3. The van der Waals surface area contributed by atoms with Crippen LogP contribution in [-0.2, 0) is 26.2 Å². The standard InChI is InChI=1S/C29H37N3O5S/c1-6-21(3)30-29(34)27(7-2)32(19-22-11-10-14-25(17-22)37-5)28(33)20-31(4)38(35,36)26-16-15-23-12-8-9-13-24(23)18-26/h8-18,21,27H,6-7,19-20H2,1-5H3,(H,30,34)/t21-,27+/m1/s1. The number of nitrogens with zero attached hydrogens (tertiary/aromatic N) is 2. The Morgan fingerprint density at radius 1 is 0.947 bits per heavy atom. The van der Waals surface area contributed by atoms with Crippen LogP contribution in [0.1, 0.15) is 39.2 Å². The van der Waals surface area contributed by atoms with Crippen molar-refractivity contribution >= 4 is 32.6 Å². The second kappa shape index (κ2) is 12.9. The fourth-order valence-electron chi connectivity index (χ4n) is 4.20. The minimum Gasteiger partial charge on any atom is -0.497 e. The van der Waals surface area contributed by atoms with Gasteiger partial charge in [-0.3, -0.25) is 9.59 Å². The van der Waals surface area contributed by atoms with Gasteiger partial charge in [-0.05, 0) is 60.4 Å². The van der Waals surface area contributed by atoms with E-state index in [1.807, 2.05) is 57.2 Å². The van der Waals surface area contributed by atoms with Crippen molar-refractivity contribution in [3.05, 3.63) is 72.3 Å². The Hall–Kier alpha value is -3.43. The molecular formula is C29H37N3O5S. The second-order valence-electron chi connectivity index (χ2n) is 9.39. The van der Waals surface area contributed by atoms with E-state index in [1.54, 1.807) is 37.4 Å². The largest absolute Gasteiger partial charge is 0.497 e. The highest BCUT2D eigenvalue weighted by Gasteiger charge is 2.32. The summed E-state index contributed by atoms with van der Waals surface area (Å²) in [5.74, 6) is -0.105. The molecule has 204 valence electrons. The highest BCUT2D eigenvalue weighted by atomic mass is 32.2. The van der Waals surface area contributed by atoms with Crippen LogP contribution in [0.3, 0.4) is 0 Å². The van der Waals surface area contributed by atoms with Crippen LogP contribution >= 0.6 is 0 Å². The third-order valence-corrected chi connectivity index (χ3v) is 8.46. The first-order chi connectivity index (χ1) is 18.1. The zero-order valence-corrected chi connectivity index (χ0v) is 23.5. The predicted molar refractivity (Wildman–Crippen MR) is 149 cm³/mol. The van der Waals surface area contributed by atoms with E-state index in [9.17, 15) is 18.0 Å². The third kappa shape index (κ3) is 6.90. The molecule has 3 aromatic carbocycles. The van der Waals surface area contributed by atoms with Crippen molar-refractivity contribution in [2.75, 3.05) is 20.7 Å². The Balaban J connectivity index is 1.89. The molecule has 0 fully saturated rings. The predicted octanol–water partition coefficient (Wildman–Crippen LogP) is 4.19. The van der Waals surface area contributed by atoms with Crippen molar-refractivity contribution < 1.29 is 22.7 Å². The lowest BCUT2D eigenvalue weighted by atomic mass is 10.1. The summed E-state index contributed by atoms with van der Waals surface area (Å²) in [6.45, 7) is 5.43. The van der Waals surface area contributed by atoms with Crippen molar-refractivity contribution in [2.45, 2.75) is 57.1 Å². The molecule has 0 aliphatic rings. The van der Waals surface area contributed by atoms with Crippen LogP contribution in [0.4, 0.5) is 0 Å². The maximum Gasteiger partial charge on any atom is 0.243 e. The molecule has 0 saturated carbocycles. The summed E-state index contributed by atoms with van der Waals surface area (Å²) in [7, 11) is -1.01. The Morgan fingerprint density at radius 2 is 1.66 bits per heavy atom. The van der Waals surface area contributed by atoms with Crippen LogP contribution in [0.15, 0.2) is 71.6 Å². The minimum absolute atomic E-state index is 0.0544. The molecule has 3 rings (SSSR count). The van der Waals surface area contributed by atoms with Crippen LogP contribution in [0.2, 0.25) is 0 Å². The zero-order valence-electron chi connectivity index (χ0n) is 22.7. The molecule has 2 amide bonds. The van der Waals surface area contributed by atoms with E-state index in [0.717, 1.165) is 27.1 Å². The Bertz CT molecular complexity index is 1380. The molecule has 9 heteroatoms. The van der Waals surface area contributed by atoms with E-state index >= 15 is 0 Å². The van der Waals surface area contributed by atoms with Gasteiger partial charge in [0.15, 0.2) is 0 Å². The molecule has 0 radical (unpaired) electrons. The van der Waals surface area contributed by atoms with Crippen molar-refractivity contribution in [2.24, 2.45) is 0 Å². The Morgan fingerprint density at radius 3 is 2.32 bits per heavy atom. The van der Waals surface area contributed by atoms with Crippen molar-refractivity contribution in [1.82, 2.24) is 14.5 Å². The van der Waals surface area contributed by atoms with Crippen molar-refractivity contribution in [3.63, 3.8) is 0 Å². The molecule has 0 bridgehead atoms. The summed E-state index contributed by atoms with van der Waals surface area (Å²) in [4.78, 5) is 28.4. The number of hydrogen-bond acceptors (Lipinski definition) is 5. The fourth-order valence-corrected chi connectivity index (χ4v) is 5.36. The molecule has 3 aromatic rings. The van der Waals surface area contributed by atoms with Crippen LogP contribution in [0, 0.1) is 0 Å². The van der Waals surface area contributed by atoms with E-state index in [1.165, 1.54) is 11.9 Å². The van der Waals surface area contributed by atoms with Crippen LogP contribution in [0.25, 0.3) is 10.8 Å². The number of amides is 2. The summed E-state index contributed by atoms with van der Waals surface area (Å²) < 4.78 is 33.1. The van der Waals surface area contributed by atoms with Gasteiger partial charge >= 0.3 is 0 Å². The third-order valence-electron chi connectivity index (χ3n) is 6.66. The van der Waals surface area contributed by atoms with E-state index < -0.39 is 28.5 Å². The first-order valence-corrected chi connectivity index (χ1v) is 14.2. The maximum absolute atomic E-state index is 13.7. The lowest BCUT2D eigenvalue weighted by molar-refractivity contribution is -0.141. The van der Waals surface area contributed by atoms with Gasteiger partial charge in [0.05, 0.1) is 18.6 Å². The molecule has 0 aliphatic carbocycles. The van der Waals surface area contributed by atoms with Gasteiger partial charge in [0.2, 0.25) is 21.8 Å². The summed E-state index contributed by atoms with van der Waals surface area (Å²) in [6.07, 6.45) is 1.12. The Kier molecular flexibility index (Phi) is 9.88. The van der Waals surface area contributed by atoms with Gasteiger partial charge in [-0.15, -0.1) is 0 Å². The monoisotopic (exact) mass is 539 g/mol. The summed E-state index contributed by atoms with van der Waals surface area (Å²) >= 11 is 0. The molecule has 0 aromatic heterocycles. The first-order valence-electron chi connectivity index (χ1n) is 12.8. The molecule has 0 heterocycles. The van der Waals surface area contributed by atoms with Gasteiger partial charge in [0, 0.05) is 19.6 Å². The molecular weight excluding hydrogens is 502 g/mol. The summed E-state index contributed by atoms with van der Waals surface area (Å²) in [6, 6.07) is 18.8. The number of carbonyl (C=O) groups excluding carboxylic acids is 2. The maximum atomic E-state index is 13.7. The topological polar surface area (TPSA) is 96.0 Å². The second-order valence-corrected chi connectivity index (χ2v) is 11.4. The molecule has 1 N–H and O–H groups in total. The zero-order chi connectivity index (χ0) is 27.9. The average Bonchev–Trinajstić information content (AvgIpc) is 2.92. The van der Waals surface area contributed by atoms with Gasteiger partial charge in [-0.2, -0.15) is 4.31 Å². The lowest BCUT2D eigenvalue weighted by Crippen LogP contribution is -2.53. The van der Waals surface area contributed by atoms with Crippen LogP contribution in [0.5, 0.6) is 5.75 Å². The van der Waals surface area contributed by atoms with Crippen molar-refractivity contribution in [1.29, 1.82) is 0 Å². The molecule has 2 atom stereocenters. The minimum atomic E-state index is -3.95. The molecule has 0 unspecified atom stereocenters. The fraction of sp³-hybridized carbons (Fsp3) is 0.379. The van der Waals surface area contributed by atoms with Gasteiger partial charge in [-0.25, -0.2) is 8.42 Å². The number of rotatable bonds is 12. The summed E-state index contributed by atoms with van der Waals surface area (Å²) in [5, 5.41) is 4.68. The number of methoxy groups -OCH3 is 1. The molecule has 0 spiro atoms. The first kappa shape index (κ1) is 29.1. The number of likely N-dealkylation sites (N-methyl/N-ethyl adjacent to an activating group) is 1. The number of carbonyl (C=O) groups is 2. The highest BCUT2D eigenvalue weighted by molar-refractivity contribution is 7.89. The molecule has 0 aliphatic heterocycles. The summed E-state index contributed by atoms with van der Waals surface area (Å²) in [5.41, 5.74) is 0.771. The van der Waals surface area contributed by atoms with E-state index in [-0.39, 0.29) is 23.4 Å². The van der Waals surface area contributed by atoms with Gasteiger partial charge in [0.25, 0.3) is 0 Å². The number of fused-ring (bicyclic) bond motifs is 1. The highest BCUT2D eigenvalue weighted by Crippen LogP contribution is 2.22. The van der Waals surface area contributed by atoms with Gasteiger partial charge < -0.3 is 15.0 Å². The normalized spacial score (nSPS) is 13.2. The molecule has 8 nitrogen and oxygen atoms in total. The number of ether oxygens (including phenoxy) is 1. The van der Waals surface area contributed by atoms with Crippen molar-refractivity contribution in [3.8, 4) is 5.75 Å². The lowest BCUT2D eigenvalue weighted by Gasteiger charge is -2.32. The smallest absolute Gasteiger partial charge is 0.243 e. The van der Waals surface area contributed by atoms with E-state index in [0.29, 0.717) is 12.2 Å². The van der Waals surface area contributed by atoms with Crippen LogP contribution in [-0.4, -0.2) is 62.2 Å². The molecule has 0 saturated heterocycles. The Labute approximate surface area is 225 Å². The number of nitrogens with one attached hydrogen (secondary N) is 1. The quantitative estimate of drug-likeness (QED) is 0.372. The molecule has 38 heavy (non-hydrogen) atoms. The SMILES string of the molecule is CC[C@@H](C)NC(=O)[C@H](CC)N(Cc1cccc(OC)c1)C(=O)CN(C)S(=O)(=O)c1ccc2ccccc2c1. The van der Waals surface area contributed by atoms with E-state index in [2.05, 4.69) is 5.32 Å². The number of hydrogen-bond donors (Lipinski definition) is 1. The average molecular weight is 540 g/mol. The van der Waals surface area contributed by atoms with E-state index in [4.69, 9.17) is 4.74 Å².